The number of guanidine groups is 1. The Morgan fingerprint density at radius 1 is 1.73 bits per heavy atom. The third-order valence-corrected chi connectivity index (χ3v) is 1.25. The van der Waals surface area contributed by atoms with E-state index in [4.69, 9.17) is 0 Å². The molecule has 0 aromatic rings. The highest BCUT2D eigenvalue weighted by atomic mass is 16.2. The van der Waals surface area contributed by atoms with Crippen molar-refractivity contribution in [3.8, 4) is 0 Å². The monoisotopic (exact) mass is 155 g/mol. The molecule has 1 aliphatic heterocycles. The third kappa shape index (κ3) is 1.76. The number of amides is 2. The van der Waals surface area contributed by atoms with Crippen LogP contribution in [0.3, 0.4) is 0 Å². The van der Waals surface area contributed by atoms with Crippen LogP contribution in [-0.2, 0) is 9.59 Å². The molecule has 5 heteroatoms. The normalized spacial score (nSPS) is 16.7. The predicted octanol–water partition coefficient (Wildman–Crippen LogP) is -1.05. The fourth-order valence-electron chi connectivity index (χ4n) is 0.797. The Hall–Kier alpha value is -1.39. The highest BCUT2D eigenvalue weighted by Gasteiger charge is 2.19. The van der Waals surface area contributed by atoms with Gasteiger partial charge in [-0.2, -0.15) is 4.99 Å². The number of hydrogen-bond donors (Lipinski definition) is 1. The molecule has 0 aromatic carbocycles. The quantitative estimate of drug-likeness (QED) is 0.485. The highest BCUT2D eigenvalue weighted by Crippen LogP contribution is 1.96. The fraction of sp³-hybridized carbons (Fsp3) is 0.500. The third-order valence-electron chi connectivity index (χ3n) is 1.25. The van der Waals surface area contributed by atoms with Crippen molar-refractivity contribution in [1.29, 1.82) is 0 Å². The summed E-state index contributed by atoms with van der Waals surface area (Å²) in [6, 6.07) is 0. The average Bonchev–Trinajstić information content (AvgIpc) is 2.09. The van der Waals surface area contributed by atoms with Crippen molar-refractivity contribution in [3.05, 3.63) is 0 Å². The fourth-order valence-corrected chi connectivity index (χ4v) is 0.797. The topological polar surface area (TPSA) is 61.8 Å². The Morgan fingerprint density at radius 2 is 2.36 bits per heavy atom. The molecule has 0 saturated heterocycles. The lowest BCUT2D eigenvalue weighted by molar-refractivity contribution is -0.118. The van der Waals surface area contributed by atoms with Gasteiger partial charge in [-0.25, -0.2) is 0 Å². The van der Waals surface area contributed by atoms with E-state index >= 15 is 0 Å². The maximum absolute atomic E-state index is 10.7. The second-order valence-corrected chi connectivity index (χ2v) is 2.37. The zero-order valence-corrected chi connectivity index (χ0v) is 6.42. The van der Waals surface area contributed by atoms with Gasteiger partial charge in [0.1, 0.15) is 6.54 Å². The molecule has 2 amide bonds. The van der Waals surface area contributed by atoms with Crippen LogP contribution in [-0.4, -0.2) is 36.3 Å². The first kappa shape index (κ1) is 7.71. The summed E-state index contributed by atoms with van der Waals surface area (Å²) in [6.45, 7) is 1.62. The molecule has 1 N–H and O–H groups in total. The molecule has 0 fully saturated rings. The van der Waals surface area contributed by atoms with E-state index in [1.807, 2.05) is 0 Å². The second-order valence-electron chi connectivity index (χ2n) is 2.37. The van der Waals surface area contributed by atoms with Crippen molar-refractivity contribution in [1.82, 2.24) is 10.2 Å². The molecule has 0 aliphatic carbocycles. The number of hydrogen-bond acceptors (Lipinski definition) is 3. The van der Waals surface area contributed by atoms with E-state index in [9.17, 15) is 9.59 Å². The number of likely N-dealkylation sites (N-methyl/N-ethyl adjacent to an activating group) is 1. The van der Waals surface area contributed by atoms with E-state index in [0.29, 0.717) is 5.96 Å². The molecule has 0 spiro atoms. The number of carbonyl (C=O) groups is 2. The molecule has 60 valence electrons. The number of nitrogens with zero attached hydrogens (tertiary/aromatic N) is 2. The van der Waals surface area contributed by atoms with Crippen LogP contribution in [0.2, 0.25) is 0 Å². The maximum atomic E-state index is 10.7. The van der Waals surface area contributed by atoms with Gasteiger partial charge in [0.15, 0.2) is 0 Å². The van der Waals surface area contributed by atoms with Crippen molar-refractivity contribution in [2.75, 3.05) is 13.6 Å². The number of nitrogens with one attached hydrogen (secondary N) is 1. The minimum atomic E-state index is -0.226. The minimum absolute atomic E-state index is 0.217. The van der Waals surface area contributed by atoms with Gasteiger partial charge in [-0.3, -0.25) is 14.9 Å². The molecule has 1 rings (SSSR count). The Balaban J connectivity index is 2.64. The summed E-state index contributed by atoms with van der Waals surface area (Å²) < 4.78 is 0. The average molecular weight is 155 g/mol. The second kappa shape index (κ2) is 2.69. The molecule has 0 saturated carbocycles. The molecule has 0 unspecified atom stereocenters. The summed E-state index contributed by atoms with van der Waals surface area (Å²) in [5.41, 5.74) is 0. The van der Waals surface area contributed by atoms with Gasteiger partial charge < -0.3 is 4.90 Å². The van der Waals surface area contributed by atoms with Crippen molar-refractivity contribution in [2.24, 2.45) is 4.99 Å². The van der Waals surface area contributed by atoms with Gasteiger partial charge in [-0.05, 0) is 0 Å². The minimum Gasteiger partial charge on any atom is -0.336 e. The zero-order valence-electron chi connectivity index (χ0n) is 6.42. The van der Waals surface area contributed by atoms with E-state index in [-0.39, 0.29) is 18.4 Å². The largest absolute Gasteiger partial charge is 0.336 e. The summed E-state index contributed by atoms with van der Waals surface area (Å²) in [7, 11) is 1.69. The van der Waals surface area contributed by atoms with Crippen LogP contribution in [0, 0.1) is 0 Å². The first-order valence-corrected chi connectivity index (χ1v) is 3.20. The lowest BCUT2D eigenvalue weighted by atomic mass is 10.6. The predicted molar refractivity (Wildman–Crippen MR) is 38.9 cm³/mol. The Kier molecular flexibility index (Phi) is 1.89. The van der Waals surface area contributed by atoms with Gasteiger partial charge >= 0.3 is 0 Å². The van der Waals surface area contributed by atoms with Crippen LogP contribution >= 0.6 is 0 Å². The standard InChI is InChI=1S/C6H9N3O2/c1-4(10)7-6-8-5(11)3-9(6)2/h3H2,1-2H3,(H,7,8,10,11). The molecule has 5 nitrogen and oxygen atoms in total. The highest BCUT2D eigenvalue weighted by molar-refractivity contribution is 6.06. The smallest absolute Gasteiger partial charge is 0.268 e. The summed E-state index contributed by atoms with van der Waals surface area (Å²) >= 11 is 0. The molecule has 1 aliphatic rings. The van der Waals surface area contributed by atoms with Crippen LogP contribution in [0.4, 0.5) is 0 Å². The maximum Gasteiger partial charge on any atom is 0.268 e. The molecule has 11 heavy (non-hydrogen) atoms. The first-order chi connectivity index (χ1) is 5.09. The summed E-state index contributed by atoms with van der Waals surface area (Å²) in [4.78, 5) is 26.4. The van der Waals surface area contributed by atoms with Crippen molar-refractivity contribution < 1.29 is 9.59 Å². The van der Waals surface area contributed by atoms with Crippen LogP contribution in [0.15, 0.2) is 4.99 Å². The van der Waals surface area contributed by atoms with Crippen LogP contribution in [0.5, 0.6) is 0 Å². The molecule has 0 radical (unpaired) electrons. The zero-order chi connectivity index (χ0) is 8.43. The SMILES string of the molecule is CC(=O)NC1=NC(=O)CN1C. The summed E-state index contributed by atoms with van der Waals surface area (Å²) in [5.74, 6) is -0.107. The van der Waals surface area contributed by atoms with Crippen LogP contribution in [0.25, 0.3) is 0 Å². The number of aliphatic imine (C=N–C) groups is 1. The van der Waals surface area contributed by atoms with Crippen LogP contribution in [0.1, 0.15) is 6.92 Å². The van der Waals surface area contributed by atoms with Gasteiger partial charge in [0.2, 0.25) is 11.9 Å². The molecule has 0 bridgehead atoms. The Labute approximate surface area is 64.1 Å². The van der Waals surface area contributed by atoms with E-state index in [0.717, 1.165) is 0 Å². The summed E-state index contributed by atoms with van der Waals surface area (Å²) in [5, 5.41) is 2.44. The van der Waals surface area contributed by atoms with E-state index < -0.39 is 0 Å². The first-order valence-electron chi connectivity index (χ1n) is 3.20. The van der Waals surface area contributed by atoms with Gasteiger partial charge in [-0.15, -0.1) is 0 Å². The number of rotatable bonds is 0. The Morgan fingerprint density at radius 3 is 2.73 bits per heavy atom. The lowest BCUT2D eigenvalue weighted by Gasteiger charge is -2.11. The van der Waals surface area contributed by atoms with Gasteiger partial charge in [0.05, 0.1) is 0 Å². The molecule has 0 aromatic heterocycles. The molecule has 1 heterocycles. The van der Waals surface area contributed by atoms with E-state index in [1.54, 1.807) is 11.9 Å². The van der Waals surface area contributed by atoms with E-state index in [2.05, 4.69) is 10.3 Å². The molecular formula is C6H9N3O2. The number of carbonyl (C=O) groups excluding carboxylic acids is 2. The van der Waals surface area contributed by atoms with E-state index in [1.165, 1.54) is 6.92 Å². The van der Waals surface area contributed by atoms with Crippen molar-refractivity contribution in [2.45, 2.75) is 6.92 Å². The van der Waals surface area contributed by atoms with Gasteiger partial charge in [0.25, 0.3) is 5.91 Å². The van der Waals surface area contributed by atoms with Gasteiger partial charge in [-0.1, -0.05) is 0 Å². The van der Waals surface area contributed by atoms with Gasteiger partial charge in [0, 0.05) is 14.0 Å². The van der Waals surface area contributed by atoms with Crippen molar-refractivity contribution in [3.63, 3.8) is 0 Å². The lowest BCUT2D eigenvalue weighted by Crippen LogP contribution is -2.38. The van der Waals surface area contributed by atoms with Crippen molar-refractivity contribution >= 4 is 17.8 Å². The Bertz CT molecular complexity index is 234. The molecular weight excluding hydrogens is 146 g/mol. The van der Waals surface area contributed by atoms with Crippen LogP contribution < -0.4 is 5.32 Å². The summed E-state index contributed by atoms with van der Waals surface area (Å²) in [6.07, 6.45) is 0. The molecule has 0 atom stereocenters.